The summed E-state index contributed by atoms with van der Waals surface area (Å²) in [6.45, 7) is 0. The van der Waals surface area contributed by atoms with Gasteiger partial charge in [-0.1, -0.05) is 36.4 Å². The van der Waals surface area contributed by atoms with Crippen molar-refractivity contribution in [2.45, 2.75) is 5.92 Å². The summed E-state index contributed by atoms with van der Waals surface area (Å²) in [5.74, 6) is 2.16. The van der Waals surface area contributed by atoms with E-state index in [2.05, 4.69) is 59.6 Å². The summed E-state index contributed by atoms with van der Waals surface area (Å²) in [6.07, 6.45) is 4.69. The molecule has 3 aromatic carbocycles. The van der Waals surface area contributed by atoms with E-state index in [1.807, 2.05) is 24.3 Å². The fourth-order valence-electron chi connectivity index (χ4n) is 4.47. The van der Waals surface area contributed by atoms with E-state index in [9.17, 15) is 0 Å². The van der Waals surface area contributed by atoms with Gasteiger partial charge >= 0.3 is 0 Å². The van der Waals surface area contributed by atoms with Gasteiger partial charge in [-0.05, 0) is 70.3 Å². The summed E-state index contributed by atoms with van der Waals surface area (Å²) >= 11 is 0. The number of H-pyrrole nitrogens is 1. The zero-order valence-corrected chi connectivity index (χ0v) is 16.9. The van der Waals surface area contributed by atoms with Crippen LogP contribution in [0.25, 0.3) is 33.7 Å². The van der Waals surface area contributed by atoms with Crippen molar-refractivity contribution in [2.75, 3.05) is 14.2 Å². The molecule has 1 N–H and O–H groups in total. The Kier molecular flexibility index (Phi) is 3.66. The second kappa shape index (κ2) is 6.39. The number of aromatic nitrogens is 1. The zero-order chi connectivity index (χ0) is 20.2. The largest absolute Gasteiger partial charge is 0.497 e. The summed E-state index contributed by atoms with van der Waals surface area (Å²) in [5.41, 5.74) is 10.1. The summed E-state index contributed by atoms with van der Waals surface area (Å²) in [5, 5.41) is 1.27. The molecule has 3 nitrogen and oxygen atoms in total. The highest BCUT2D eigenvalue weighted by molar-refractivity contribution is 6.06. The molecule has 0 bridgehead atoms. The van der Waals surface area contributed by atoms with Gasteiger partial charge in [0.2, 0.25) is 0 Å². The molecule has 0 spiro atoms. The average Bonchev–Trinajstić information content (AvgIpc) is 3.53. The predicted molar refractivity (Wildman–Crippen MR) is 124 cm³/mol. The molecule has 0 amide bonds. The van der Waals surface area contributed by atoms with Crippen molar-refractivity contribution in [2.24, 2.45) is 0 Å². The summed E-state index contributed by atoms with van der Waals surface area (Å²) < 4.78 is 10.6. The monoisotopic (exact) mass is 393 g/mol. The van der Waals surface area contributed by atoms with Crippen LogP contribution in [0.1, 0.15) is 24.2 Å². The predicted octanol–water partition coefficient (Wildman–Crippen LogP) is 6.68. The third-order valence-electron chi connectivity index (χ3n) is 6.18. The van der Waals surface area contributed by atoms with E-state index in [0.717, 1.165) is 11.5 Å². The zero-order valence-electron chi connectivity index (χ0n) is 16.9. The highest BCUT2D eigenvalue weighted by atomic mass is 16.5. The van der Waals surface area contributed by atoms with Crippen LogP contribution in [0, 0.1) is 0 Å². The van der Waals surface area contributed by atoms with E-state index in [1.165, 1.54) is 50.0 Å². The Balaban J connectivity index is 0.00000204. The Morgan fingerprint density at radius 2 is 1.40 bits per heavy atom. The van der Waals surface area contributed by atoms with E-state index in [-0.39, 0.29) is 1.43 Å². The third kappa shape index (κ3) is 2.59. The molecule has 2 aliphatic carbocycles. The number of benzene rings is 3. The molecule has 4 aromatic rings. The van der Waals surface area contributed by atoms with Crippen LogP contribution in [0.5, 0.6) is 11.5 Å². The maximum atomic E-state index is 5.32. The van der Waals surface area contributed by atoms with Gasteiger partial charge in [0.1, 0.15) is 11.5 Å². The summed E-state index contributed by atoms with van der Waals surface area (Å²) in [6, 6.07) is 23.2. The van der Waals surface area contributed by atoms with E-state index >= 15 is 0 Å². The van der Waals surface area contributed by atoms with Gasteiger partial charge in [0.25, 0.3) is 0 Å². The minimum absolute atomic E-state index is 0. The van der Waals surface area contributed by atoms with Crippen molar-refractivity contribution in [3.8, 4) is 22.6 Å². The second-order valence-corrected chi connectivity index (χ2v) is 7.83. The van der Waals surface area contributed by atoms with Crippen molar-refractivity contribution in [1.29, 1.82) is 0 Å². The second-order valence-electron chi connectivity index (χ2n) is 7.83. The maximum absolute atomic E-state index is 5.32. The van der Waals surface area contributed by atoms with Crippen LogP contribution >= 0.6 is 0 Å². The van der Waals surface area contributed by atoms with Crippen molar-refractivity contribution in [1.82, 2.24) is 4.98 Å². The van der Waals surface area contributed by atoms with Crippen LogP contribution in [-0.4, -0.2) is 19.2 Å². The molecular formula is C27H23NO2. The molecule has 0 radical (unpaired) electrons. The normalized spacial score (nSPS) is 16.4. The minimum Gasteiger partial charge on any atom is -0.497 e. The molecule has 30 heavy (non-hydrogen) atoms. The standard InChI is InChI=1S/C27H21NO2.H2/c1-29-19-8-3-16(4-9-19)18-7-12-26-23(13-18)25-14-21(22-15-24(22)27(25)28-26)17-5-10-20(30-2)11-6-17;/h3-15,24,28H,1-2H3;1H. The fraction of sp³-hybridized carbons (Fsp3) is 0.111. The van der Waals surface area contributed by atoms with Gasteiger partial charge in [-0.15, -0.1) is 0 Å². The molecule has 0 fully saturated rings. The van der Waals surface area contributed by atoms with E-state index in [4.69, 9.17) is 9.47 Å². The number of methoxy groups -OCH3 is 2. The van der Waals surface area contributed by atoms with Crippen molar-refractivity contribution < 1.29 is 10.9 Å². The van der Waals surface area contributed by atoms with Gasteiger partial charge in [0, 0.05) is 29.5 Å². The van der Waals surface area contributed by atoms with Gasteiger partial charge < -0.3 is 14.5 Å². The quantitative estimate of drug-likeness (QED) is 0.420. The number of rotatable bonds is 4. The number of ether oxygens (including phenoxy) is 2. The fourth-order valence-corrected chi connectivity index (χ4v) is 4.47. The van der Waals surface area contributed by atoms with Gasteiger partial charge in [-0.3, -0.25) is 0 Å². The van der Waals surface area contributed by atoms with Crippen molar-refractivity contribution in [3.05, 3.63) is 95.2 Å². The lowest BCUT2D eigenvalue weighted by Gasteiger charge is -2.13. The van der Waals surface area contributed by atoms with Gasteiger partial charge in [0.05, 0.1) is 14.2 Å². The van der Waals surface area contributed by atoms with Crippen LogP contribution in [0.3, 0.4) is 0 Å². The molecular weight excluding hydrogens is 370 g/mol. The Labute approximate surface area is 176 Å². The average molecular weight is 393 g/mol. The van der Waals surface area contributed by atoms with Crippen molar-refractivity contribution in [3.63, 3.8) is 0 Å². The van der Waals surface area contributed by atoms with Crippen LogP contribution < -0.4 is 9.47 Å². The smallest absolute Gasteiger partial charge is 0.118 e. The number of allylic oxidation sites excluding steroid dienone is 3. The molecule has 1 aromatic heterocycles. The van der Waals surface area contributed by atoms with E-state index in [1.54, 1.807) is 14.2 Å². The number of nitrogens with one attached hydrogen (secondary N) is 1. The van der Waals surface area contributed by atoms with Gasteiger partial charge in [-0.25, -0.2) is 0 Å². The first-order valence-electron chi connectivity index (χ1n) is 10.1. The Morgan fingerprint density at radius 3 is 2.07 bits per heavy atom. The topological polar surface area (TPSA) is 34.2 Å². The molecule has 0 saturated heterocycles. The Hall–Kier alpha value is -3.72. The minimum atomic E-state index is 0. The molecule has 2 aliphatic rings. The van der Waals surface area contributed by atoms with E-state index in [0.29, 0.717) is 5.92 Å². The maximum Gasteiger partial charge on any atom is 0.118 e. The Bertz CT molecular complexity index is 1340. The first-order chi connectivity index (χ1) is 14.7. The Morgan fingerprint density at radius 1 is 0.767 bits per heavy atom. The number of hydrogen-bond donors (Lipinski definition) is 1. The molecule has 1 atom stereocenters. The molecule has 6 rings (SSSR count). The lowest BCUT2D eigenvalue weighted by atomic mass is 9.90. The summed E-state index contributed by atoms with van der Waals surface area (Å²) in [4.78, 5) is 3.66. The van der Waals surface area contributed by atoms with Crippen LogP contribution in [0.15, 0.2) is 78.4 Å². The molecule has 0 saturated carbocycles. The number of aromatic amines is 1. The van der Waals surface area contributed by atoms with Gasteiger partial charge in [0.15, 0.2) is 0 Å². The molecule has 148 valence electrons. The number of fused-ring (bicyclic) bond motifs is 5. The lowest BCUT2D eigenvalue weighted by molar-refractivity contribution is 0.414. The first-order valence-corrected chi connectivity index (χ1v) is 10.1. The van der Waals surface area contributed by atoms with E-state index < -0.39 is 0 Å². The van der Waals surface area contributed by atoms with Crippen LogP contribution in [0.2, 0.25) is 0 Å². The SMILES string of the molecule is COc1ccc(C2=Cc3c([nH]c4ccc(-c5ccc(OC)cc5)cc34)C3C=C23)cc1.[HH]. The molecule has 1 unspecified atom stereocenters. The first kappa shape index (κ1) is 17.2. The van der Waals surface area contributed by atoms with Crippen molar-refractivity contribution >= 4 is 22.6 Å². The number of hydrogen-bond acceptors (Lipinski definition) is 2. The van der Waals surface area contributed by atoms with Gasteiger partial charge in [-0.2, -0.15) is 0 Å². The highest BCUT2D eigenvalue weighted by Gasteiger charge is 2.37. The molecule has 0 aliphatic heterocycles. The lowest BCUT2D eigenvalue weighted by Crippen LogP contribution is -1.96. The van der Waals surface area contributed by atoms with Crippen LogP contribution in [0.4, 0.5) is 0 Å². The molecule has 1 heterocycles. The van der Waals surface area contributed by atoms with Crippen LogP contribution in [-0.2, 0) is 0 Å². The summed E-state index contributed by atoms with van der Waals surface area (Å²) in [7, 11) is 3.40. The third-order valence-corrected chi connectivity index (χ3v) is 6.18. The highest BCUT2D eigenvalue weighted by Crippen LogP contribution is 2.54. The molecule has 3 heteroatoms.